The van der Waals surface area contributed by atoms with Crippen LogP contribution >= 0.6 is 0 Å². The maximum absolute atomic E-state index is 5.80. The number of hydrogen-bond acceptors (Lipinski definition) is 2. The SMILES string of the molecule is CCOC1CC(C(C)C)CCC1NC. The minimum Gasteiger partial charge on any atom is -0.377 e. The molecule has 1 N–H and O–H groups in total. The molecule has 1 fully saturated rings. The summed E-state index contributed by atoms with van der Waals surface area (Å²) >= 11 is 0. The smallest absolute Gasteiger partial charge is 0.0730 e. The fourth-order valence-electron chi connectivity index (χ4n) is 2.49. The number of ether oxygens (including phenoxy) is 1. The van der Waals surface area contributed by atoms with E-state index in [-0.39, 0.29) is 0 Å². The minimum absolute atomic E-state index is 0.436. The summed E-state index contributed by atoms with van der Waals surface area (Å²) in [5, 5.41) is 3.37. The first-order valence-electron chi connectivity index (χ1n) is 5.97. The molecule has 1 aliphatic rings. The first-order chi connectivity index (χ1) is 6.69. The number of rotatable bonds is 4. The van der Waals surface area contributed by atoms with Crippen LogP contribution in [0.15, 0.2) is 0 Å². The van der Waals surface area contributed by atoms with E-state index in [9.17, 15) is 0 Å². The van der Waals surface area contributed by atoms with Gasteiger partial charge in [0.05, 0.1) is 6.10 Å². The lowest BCUT2D eigenvalue weighted by molar-refractivity contribution is -0.00872. The van der Waals surface area contributed by atoms with Crippen molar-refractivity contribution in [1.82, 2.24) is 5.32 Å². The van der Waals surface area contributed by atoms with Gasteiger partial charge in [0.25, 0.3) is 0 Å². The van der Waals surface area contributed by atoms with Crippen molar-refractivity contribution >= 4 is 0 Å². The first kappa shape index (κ1) is 12.0. The molecule has 2 nitrogen and oxygen atoms in total. The summed E-state index contributed by atoms with van der Waals surface area (Å²) in [5.41, 5.74) is 0. The van der Waals surface area contributed by atoms with Gasteiger partial charge >= 0.3 is 0 Å². The summed E-state index contributed by atoms with van der Waals surface area (Å²) in [6.45, 7) is 7.58. The van der Waals surface area contributed by atoms with E-state index in [2.05, 4.69) is 26.1 Å². The monoisotopic (exact) mass is 199 g/mol. The standard InChI is InChI=1S/C12H25NO/c1-5-14-12-8-10(9(2)3)6-7-11(12)13-4/h9-13H,5-8H2,1-4H3. The zero-order chi connectivity index (χ0) is 10.6. The molecular weight excluding hydrogens is 174 g/mol. The van der Waals surface area contributed by atoms with E-state index in [1.165, 1.54) is 19.3 Å². The highest BCUT2D eigenvalue weighted by atomic mass is 16.5. The van der Waals surface area contributed by atoms with Crippen molar-refractivity contribution in [2.24, 2.45) is 11.8 Å². The topological polar surface area (TPSA) is 21.3 Å². The molecule has 0 amide bonds. The summed E-state index contributed by atoms with van der Waals surface area (Å²) in [6.07, 6.45) is 4.29. The van der Waals surface area contributed by atoms with Gasteiger partial charge in [0.1, 0.15) is 0 Å². The van der Waals surface area contributed by atoms with Gasteiger partial charge in [-0.15, -0.1) is 0 Å². The van der Waals surface area contributed by atoms with Crippen LogP contribution in [0.4, 0.5) is 0 Å². The molecule has 84 valence electrons. The molecule has 14 heavy (non-hydrogen) atoms. The Morgan fingerprint density at radius 2 is 2.07 bits per heavy atom. The third kappa shape index (κ3) is 2.96. The second kappa shape index (κ2) is 5.72. The molecule has 0 saturated heterocycles. The second-order valence-corrected chi connectivity index (χ2v) is 4.71. The largest absolute Gasteiger partial charge is 0.377 e. The Labute approximate surface area is 88.4 Å². The average Bonchev–Trinajstić information content (AvgIpc) is 2.18. The molecule has 2 heteroatoms. The molecule has 3 atom stereocenters. The van der Waals surface area contributed by atoms with Gasteiger partial charge in [-0.2, -0.15) is 0 Å². The van der Waals surface area contributed by atoms with Gasteiger partial charge in [0.2, 0.25) is 0 Å². The van der Waals surface area contributed by atoms with Gasteiger partial charge in [0.15, 0.2) is 0 Å². The normalized spacial score (nSPS) is 33.6. The maximum Gasteiger partial charge on any atom is 0.0730 e. The van der Waals surface area contributed by atoms with Crippen LogP contribution in [0, 0.1) is 11.8 Å². The van der Waals surface area contributed by atoms with Crippen molar-refractivity contribution in [3.05, 3.63) is 0 Å². The number of likely N-dealkylation sites (N-methyl/N-ethyl adjacent to an activating group) is 1. The molecule has 0 spiro atoms. The van der Waals surface area contributed by atoms with E-state index in [0.717, 1.165) is 18.4 Å². The van der Waals surface area contributed by atoms with Gasteiger partial charge in [-0.1, -0.05) is 13.8 Å². The molecule has 0 bridgehead atoms. The Morgan fingerprint density at radius 3 is 2.57 bits per heavy atom. The van der Waals surface area contributed by atoms with Crippen LogP contribution in [0.2, 0.25) is 0 Å². The highest BCUT2D eigenvalue weighted by Crippen LogP contribution is 2.31. The molecule has 0 radical (unpaired) electrons. The highest BCUT2D eigenvalue weighted by molar-refractivity contribution is 4.85. The summed E-state index contributed by atoms with van der Waals surface area (Å²) < 4.78 is 5.80. The summed E-state index contributed by atoms with van der Waals surface area (Å²) in [4.78, 5) is 0. The molecular formula is C12H25NO. The Balaban J connectivity index is 2.48. The predicted octanol–water partition coefficient (Wildman–Crippen LogP) is 2.44. The fourth-order valence-corrected chi connectivity index (χ4v) is 2.49. The lowest BCUT2D eigenvalue weighted by atomic mass is 9.78. The fraction of sp³-hybridized carbons (Fsp3) is 1.00. The molecule has 1 aliphatic carbocycles. The summed E-state index contributed by atoms with van der Waals surface area (Å²) in [5.74, 6) is 1.66. The van der Waals surface area contributed by atoms with E-state index < -0.39 is 0 Å². The average molecular weight is 199 g/mol. The van der Waals surface area contributed by atoms with Crippen molar-refractivity contribution in [2.45, 2.75) is 52.2 Å². The Kier molecular flexibility index (Phi) is 4.90. The molecule has 0 aromatic rings. The second-order valence-electron chi connectivity index (χ2n) is 4.71. The zero-order valence-corrected chi connectivity index (χ0v) is 10.0. The maximum atomic E-state index is 5.80. The van der Waals surface area contributed by atoms with Gasteiger partial charge in [-0.05, 0) is 45.1 Å². The van der Waals surface area contributed by atoms with Crippen molar-refractivity contribution in [3.8, 4) is 0 Å². The van der Waals surface area contributed by atoms with Crippen molar-refractivity contribution in [1.29, 1.82) is 0 Å². The van der Waals surface area contributed by atoms with Crippen molar-refractivity contribution in [3.63, 3.8) is 0 Å². The van der Waals surface area contributed by atoms with Crippen LogP contribution < -0.4 is 5.32 Å². The summed E-state index contributed by atoms with van der Waals surface area (Å²) in [6, 6.07) is 0.574. The van der Waals surface area contributed by atoms with Crippen molar-refractivity contribution in [2.75, 3.05) is 13.7 Å². The number of hydrogen-bond donors (Lipinski definition) is 1. The molecule has 3 unspecified atom stereocenters. The van der Waals surface area contributed by atoms with E-state index in [1.807, 2.05) is 7.05 Å². The van der Waals surface area contributed by atoms with Gasteiger partial charge in [-0.25, -0.2) is 0 Å². The lowest BCUT2D eigenvalue weighted by Crippen LogP contribution is -2.44. The zero-order valence-electron chi connectivity index (χ0n) is 10.0. The van der Waals surface area contributed by atoms with E-state index in [4.69, 9.17) is 4.74 Å². The molecule has 1 rings (SSSR count). The summed E-state index contributed by atoms with van der Waals surface area (Å²) in [7, 11) is 2.05. The molecule has 0 aromatic carbocycles. The van der Waals surface area contributed by atoms with E-state index in [1.54, 1.807) is 0 Å². The molecule has 0 heterocycles. The highest BCUT2D eigenvalue weighted by Gasteiger charge is 2.31. The van der Waals surface area contributed by atoms with Crippen LogP contribution in [-0.2, 0) is 4.74 Å². The van der Waals surface area contributed by atoms with Gasteiger partial charge in [0, 0.05) is 12.6 Å². The molecule has 1 saturated carbocycles. The van der Waals surface area contributed by atoms with Gasteiger partial charge in [-0.3, -0.25) is 0 Å². The third-order valence-corrected chi connectivity index (χ3v) is 3.53. The van der Waals surface area contributed by atoms with Crippen LogP contribution in [-0.4, -0.2) is 25.8 Å². The Hall–Kier alpha value is -0.0800. The number of nitrogens with one attached hydrogen (secondary N) is 1. The van der Waals surface area contributed by atoms with Crippen LogP contribution in [0.3, 0.4) is 0 Å². The Bertz CT molecular complexity index is 158. The van der Waals surface area contributed by atoms with Crippen molar-refractivity contribution < 1.29 is 4.74 Å². The van der Waals surface area contributed by atoms with E-state index in [0.29, 0.717) is 12.1 Å². The quantitative estimate of drug-likeness (QED) is 0.751. The minimum atomic E-state index is 0.436. The lowest BCUT2D eigenvalue weighted by Gasteiger charge is -2.37. The van der Waals surface area contributed by atoms with Crippen LogP contribution in [0.25, 0.3) is 0 Å². The molecule has 0 aliphatic heterocycles. The van der Waals surface area contributed by atoms with Gasteiger partial charge < -0.3 is 10.1 Å². The van der Waals surface area contributed by atoms with E-state index >= 15 is 0 Å². The Morgan fingerprint density at radius 1 is 1.36 bits per heavy atom. The first-order valence-corrected chi connectivity index (χ1v) is 5.97. The van der Waals surface area contributed by atoms with Crippen LogP contribution in [0.5, 0.6) is 0 Å². The third-order valence-electron chi connectivity index (χ3n) is 3.53. The van der Waals surface area contributed by atoms with Crippen LogP contribution in [0.1, 0.15) is 40.0 Å². The predicted molar refractivity (Wildman–Crippen MR) is 60.4 cm³/mol. The molecule has 0 aromatic heterocycles.